The van der Waals surface area contributed by atoms with Crippen molar-refractivity contribution in [2.24, 2.45) is 5.73 Å². The highest BCUT2D eigenvalue weighted by molar-refractivity contribution is 7.12. The lowest BCUT2D eigenvalue weighted by Crippen LogP contribution is -2.51. The first-order valence-corrected chi connectivity index (χ1v) is 6.76. The number of nitrogens with two attached hydrogens (primary N) is 1. The van der Waals surface area contributed by atoms with Gasteiger partial charge in [0.05, 0.1) is 12.7 Å². The first-order chi connectivity index (χ1) is 9.10. The van der Waals surface area contributed by atoms with E-state index in [4.69, 9.17) is 15.6 Å². The van der Waals surface area contributed by atoms with Crippen LogP contribution in [0.5, 0.6) is 0 Å². The number of nitrogens with zero attached hydrogens (tertiary/aromatic N) is 1. The minimum Gasteiger partial charge on any atom is -0.394 e. The number of anilines is 1. The lowest BCUT2D eigenvalue weighted by Gasteiger charge is -2.24. The quantitative estimate of drug-likeness (QED) is 0.552. The minimum atomic E-state index is -0.727. The van der Waals surface area contributed by atoms with Crippen molar-refractivity contribution in [2.75, 3.05) is 11.9 Å². The average molecular weight is 286 g/mol. The summed E-state index contributed by atoms with van der Waals surface area (Å²) in [6.45, 7) is -0.0784. The van der Waals surface area contributed by atoms with Crippen LogP contribution in [-0.2, 0) is 4.74 Å². The summed E-state index contributed by atoms with van der Waals surface area (Å²) >= 11 is 0.857. The zero-order valence-electron chi connectivity index (χ0n) is 9.96. The molecular weight excluding hydrogens is 272 g/mol. The average Bonchev–Trinajstić information content (AvgIpc) is 2.93. The van der Waals surface area contributed by atoms with Gasteiger partial charge in [-0.2, -0.15) is 0 Å². The molecule has 9 heteroatoms. The number of thiazole rings is 1. The van der Waals surface area contributed by atoms with Gasteiger partial charge < -0.3 is 20.5 Å². The molecule has 2 aliphatic heterocycles. The molecule has 0 bridgehead atoms. The number of carbonyl (C=O) groups excluding carboxylic acids is 1. The standard InChI is InChI=1S/C10H14N4O4S/c11-9-12-7-6(8(16)13-9)19-10(17)14(7)5-2-1-4(3-15)18-5/h4-5,9,12,15H,1-3,11H2,(H,13,16)/t4-,5+,9?/m0/s1. The Morgan fingerprint density at radius 2 is 2.21 bits per heavy atom. The van der Waals surface area contributed by atoms with E-state index in [-0.39, 0.29) is 23.5 Å². The van der Waals surface area contributed by atoms with Gasteiger partial charge in [-0.1, -0.05) is 11.3 Å². The topological polar surface area (TPSA) is 119 Å². The second kappa shape index (κ2) is 4.60. The summed E-state index contributed by atoms with van der Waals surface area (Å²) in [5.74, 6) is 0.0358. The highest BCUT2D eigenvalue weighted by Gasteiger charge is 2.34. The number of fused-ring (bicyclic) bond motifs is 1. The van der Waals surface area contributed by atoms with Crippen LogP contribution in [0.3, 0.4) is 0 Å². The Bertz CT molecular complexity index is 568. The predicted molar refractivity (Wildman–Crippen MR) is 67.9 cm³/mol. The number of hydrogen-bond donors (Lipinski definition) is 4. The van der Waals surface area contributed by atoms with E-state index in [9.17, 15) is 9.59 Å². The Labute approximate surface area is 112 Å². The molecule has 1 aromatic heterocycles. The molecule has 3 atom stereocenters. The van der Waals surface area contributed by atoms with Crippen LogP contribution in [0.4, 0.5) is 5.82 Å². The Hall–Kier alpha value is -1.42. The van der Waals surface area contributed by atoms with Gasteiger partial charge in [0.25, 0.3) is 5.91 Å². The smallest absolute Gasteiger partial charge is 0.311 e. The van der Waals surface area contributed by atoms with Gasteiger partial charge in [-0.15, -0.1) is 0 Å². The number of nitrogens with one attached hydrogen (secondary N) is 2. The fourth-order valence-corrected chi connectivity index (χ4v) is 3.22. The predicted octanol–water partition coefficient (Wildman–Crippen LogP) is -1.02. The molecule has 1 saturated heterocycles. The van der Waals surface area contributed by atoms with Gasteiger partial charge in [-0.25, -0.2) is 0 Å². The van der Waals surface area contributed by atoms with E-state index in [1.807, 2.05) is 0 Å². The third-order valence-corrected chi connectivity index (χ3v) is 4.16. The fourth-order valence-electron chi connectivity index (χ4n) is 2.34. The highest BCUT2D eigenvalue weighted by Crippen LogP contribution is 2.33. The summed E-state index contributed by atoms with van der Waals surface area (Å²) < 4.78 is 6.99. The van der Waals surface area contributed by atoms with Crippen molar-refractivity contribution >= 4 is 23.1 Å². The SMILES string of the molecule is NC1NC(=O)c2sc(=O)n([C@H]3CC[C@@H](CO)O3)c2N1. The first-order valence-electron chi connectivity index (χ1n) is 5.94. The third kappa shape index (κ3) is 2.04. The molecule has 0 radical (unpaired) electrons. The van der Waals surface area contributed by atoms with Crippen LogP contribution >= 0.6 is 11.3 Å². The Morgan fingerprint density at radius 1 is 1.42 bits per heavy atom. The Morgan fingerprint density at radius 3 is 2.89 bits per heavy atom. The molecule has 0 spiro atoms. The van der Waals surface area contributed by atoms with Crippen LogP contribution < -0.4 is 21.2 Å². The second-order valence-electron chi connectivity index (χ2n) is 4.48. The zero-order valence-corrected chi connectivity index (χ0v) is 10.8. The number of aromatic nitrogens is 1. The summed E-state index contributed by atoms with van der Waals surface area (Å²) in [5, 5.41) is 14.4. The Balaban J connectivity index is 1.99. The molecule has 2 aliphatic rings. The van der Waals surface area contributed by atoms with Crippen LogP contribution in [0.25, 0.3) is 0 Å². The molecule has 1 fully saturated rings. The van der Waals surface area contributed by atoms with Gasteiger partial charge in [-0.05, 0) is 12.8 Å². The number of amides is 1. The monoisotopic (exact) mass is 286 g/mol. The van der Waals surface area contributed by atoms with Crippen LogP contribution in [-0.4, -0.2) is 34.6 Å². The van der Waals surface area contributed by atoms with Gasteiger partial charge in [0.2, 0.25) is 0 Å². The zero-order chi connectivity index (χ0) is 13.6. The van der Waals surface area contributed by atoms with Gasteiger partial charge in [0, 0.05) is 0 Å². The first kappa shape index (κ1) is 12.6. The van der Waals surface area contributed by atoms with Crippen molar-refractivity contribution in [3.63, 3.8) is 0 Å². The van der Waals surface area contributed by atoms with E-state index in [1.165, 1.54) is 4.57 Å². The number of aliphatic hydroxyl groups excluding tert-OH is 1. The normalized spacial score (nSPS) is 29.8. The number of ether oxygens (including phenoxy) is 1. The number of hydrogen-bond acceptors (Lipinski definition) is 7. The molecule has 19 heavy (non-hydrogen) atoms. The summed E-state index contributed by atoms with van der Waals surface area (Å²) in [6.07, 6.45) is -0.160. The lowest BCUT2D eigenvalue weighted by atomic mass is 10.2. The largest absolute Gasteiger partial charge is 0.394 e. The molecule has 3 heterocycles. The van der Waals surface area contributed by atoms with Crippen molar-refractivity contribution in [2.45, 2.75) is 31.5 Å². The molecule has 1 unspecified atom stereocenters. The number of rotatable bonds is 2. The van der Waals surface area contributed by atoms with Crippen LogP contribution in [0.2, 0.25) is 0 Å². The molecule has 5 N–H and O–H groups in total. The van der Waals surface area contributed by atoms with Gasteiger partial charge in [-0.3, -0.25) is 19.9 Å². The summed E-state index contributed by atoms with van der Waals surface area (Å²) in [4.78, 5) is 23.8. The maximum atomic E-state index is 12.0. The van der Waals surface area contributed by atoms with E-state index in [1.54, 1.807) is 0 Å². The number of carbonyl (C=O) groups is 1. The molecule has 104 valence electrons. The Kier molecular flexibility index (Phi) is 3.05. The molecule has 0 aromatic carbocycles. The van der Waals surface area contributed by atoms with Gasteiger partial charge >= 0.3 is 4.87 Å². The highest BCUT2D eigenvalue weighted by atomic mass is 32.1. The van der Waals surface area contributed by atoms with E-state index < -0.39 is 12.5 Å². The molecule has 1 aromatic rings. The lowest BCUT2D eigenvalue weighted by molar-refractivity contribution is -0.0224. The molecule has 0 saturated carbocycles. The minimum absolute atomic E-state index is 0.0784. The summed E-state index contributed by atoms with van der Waals surface area (Å²) in [5.41, 5.74) is 5.64. The maximum Gasteiger partial charge on any atom is 0.311 e. The second-order valence-corrected chi connectivity index (χ2v) is 5.45. The van der Waals surface area contributed by atoms with E-state index in [0.717, 1.165) is 11.3 Å². The molecule has 8 nitrogen and oxygen atoms in total. The fraction of sp³-hybridized carbons (Fsp3) is 0.600. The molecular formula is C10H14N4O4S. The van der Waals surface area contributed by atoms with Gasteiger partial charge in [0.1, 0.15) is 16.9 Å². The van der Waals surface area contributed by atoms with E-state index >= 15 is 0 Å². The van der Waals surface area contributed by atoms with E-state index in [0.29, 0.717) is 23.5 Å². The van der Waals surface area contributed by atoms with Crippen LogP contribution in [0, 0.1) is 0 Å². The number of aliphatic hydroxyl groups is 1. The van der Waals surface area contributed by atoms with Crippen molar-refractivity contribution in [1.29, 1.82) is 0 Å². The van der Waals surface area contributed by atoms with Gasteiger partial charge in [0.15, 0.2) is 6.29 Å². The van der Waals surface area contributed by atoms with Crippen LogP contribution in [0.1, 0.15) is 28.7 Å². The summed E-state index contributed by atoms with van der Waals surface area (Å²) in [6, 6.07) is 0. The molecule has 0 aliphatic carbocycles. The van der Waals surface area contributed by atoms with Crippen molar-refractivity contribution in [1.82, 2.24) is 9.88 Å². The molecule has 1 amide bonds. The molecule has 3 rings (SSSR count). The van der Waals surface area contributed by atoms with E-state index in [2.05, 4.69) is 10.6 Å². The maximum absolute atomic E-state index is 12.0. The van der Waals surface area contributed by atoms with Crippen molar-refractivity contribution in [3.8, 4) is 0 Å². The third-order valence-electron chi connectivity index (χ3n) is 3.20. The van der Waals surface area contributed by atoms with Crippen LogP contribution in [0.15, 0.2) is 4.79 Å². The summed E-state index contributed by atoms with van der Waals surface area (Å²) in [7, 11) is 0. The van der Waals surface area contributed by atoms with Crippen molar-refractivity contribution in [3.05, 3.63) is 14.5 Å². The van der Waals surface area contributed by atoms with Crippen molar-refractivity contribution < 1.29 is 14.6 Å².